The van der Waals surface area contributed by atoms with Crippen molar-refractivity contribution in [3.63, 3.8) is 0 Å². The van der Waals surface area contributed by atoms with Gasteiger partial charge in [-0.25, -0.2) is 9.67 Å². The van der Waals surface area contributed by atoms with E-state index in [9.17, 15) is 9.59 Å². The first-order valence-corrected chi connectivity index (χ1v) is 11.7. The molecule has 4 heterocycles. The summed E-state index contributed by atoms with van der Waals surface area (Å²) in [4.78, 5) is 31.1. The summed E-state index contributed by atoms with van der Waals surface area (Å²) in [5, 5.41) is 10.3. The second kappa shape index (κ2) is 8.16. The van der Waals surface area contributed by atoms with Crippen molar-refractivity contribution in [3.8, 4) is 21.8 Å². The van der Waals surface area contributed by atoms with Crippen molar-refractivity contribution in [3.05, 3.63) is 70.5 Å². The number of benzene rings is 1. The second-order valence-corrected chi connectivity index (χ2v) is 9.15. The molecule has 156 valence electrons. The van der Waals surface area contributed by atoms with E-state index in [0.29, 0.717) is 11.4 Å². The molecule has 4 aromatic rings. The van der Waals surface area contributed by atoms with Crippen molar-refractivity contribution < 1.29 is 4.79 Å². The van der Waals surface area contributed by atoms with Crippen LogP contribution in [0.2, 0.25) is 0 Å². The van der Waals surface area contributed by atoms with E-state index in [0.717, 1.165) is 33.6 Å². The highest BCUT2D eigenvalue weighted by atomic mass is 32.2. The van der Waals surface area contributed by atoms with Crippen molar-refractivity contribution in [2.75, 3.05) is 11.1 Å². The zero-order valence-corrected chi connectivity index (χ0v) is 18.3. The maximum absolute atomic E-state index is 13.0. The summed E-state index contributed by atoms with van der Waals surface area (Å²) in [6.07, 6.45) is 2.01. The highest BCUT2D eigenvalue weighted by Gasteiger charge is 2.21. The Bertz CT molecular complexity index is 1290. The van der Waals surface area contributed by atoms with Gasteiger partial charge in [-0.05, 0) is 30.5 Å². The molecular weight excluding hydrogens is 430 g/mol. The molecule has 1 aliphatic heterocycles. The molecule has 0 saturated carbocycles. The van der Waals surface area contributed by atoms with Crippen LogP contribution in [-0.2, 0) is 11.3 Å². The van der Waals surface area contributed by atoms with Crippen LogP contribution >= 0.6 is 23.1 Å². The van der Waals surface area contributed by atoms with Crippen LogP contribution in [0.1, 0.15) is 13.0 Å². The minimum absolute atomic E-state index is 0.313. The van der Waals surface area contributed by atoms with Crippen LogP contribution in [0.4, 0.5) is 5.69 Å². The van der Waals surface area contributed by atoms with E-state index in [1.807, 2.05) is 48.0 Å². The summed E-state index contributed by atoms with van der Waals surface area (Å²) in [7, 11) is 0. The van der Waals surface area contributed by atoms with Gasteiger partial charge in [0.05, 0.1) is 16.3 Å². The van der Waals surface area contributed by atoms with E-state index in [4.69, 9.17) is 4.98 Å². The lowest BCUT2D eigenvalue weighted by molar-refractivity contribution is -0.119. The quantitative estimate of drug-likeness (QED) is 0.495. The average molecular weight is 450 g/mol. The van der Waals surface area contributed by atoms with E-state index >= 15 is 0 Å². The molecule has 1 N–H and O–H groups in total. The summed E-state index contributed by atoms with van der Waals surface area (Å²) in [6.45, 7) is 2.61. The monoisotopic (exact) mass is 449 g/mol. The molecule has 7 nitrogen and oxygen atoms in total. The number of carbonyl (C=O) groups excluding carboxylic acids is 1. The molecule has 0 aliphatic carbocycles. The zero-order valence-electron chi connectivity index (χ0n) is 16.7. The number of thiophene rings is 1. The van der Waals surface area contributed by atoms with Gasteiger partial charge in [0.25, 0.3) is 5.56 Å². The van der Waals surface area contributed by atoms with Crippen LogP contribution in [0.3, 0.4) is 0 Å². The first-order chi connectivity index (χ1) is 15.1. The van der Waals surface area contributed by atoms with Gasteiger partial charge in [-0.1, -0.05) is 36.0 Å². The van der Waals surface area contributed by atoms with Gasteiger partial charge in [0.2, 0.25) is 5.91 Å². The molecule has 9 heteroatoms. The molecule has 0 saturated heterocycles. The van der Waals surface area contributed by atoms with Gasteiger partial charge in [0.15, 0.2) is 5.16 Å². The molecule has 1 atom stereocenters. The van der Waals surface area contributed by atoms with Crippen LogP contribution in [0.25, 0.3) is 21.8 Å². The Hall–Kier alpha value is -3.17. The molecule has 0 spiro atoms. The number of fused-ring (bicyclic) bond motifs is 1. The van der Waals surface area contributed by atoms with Crippen LogP contribution in [0.15, 0.2) is 70.1 Å². The number of hydrogen-bond acceptors (Lipinski definition) is 6. The number of aromatic nitrogens is 4. The van der Waals surface area contributed by atoms with Crippen molar-refractivity contribution in [1.82, 2.24) is 19.3 Å². The Labute approximate surface area is 186 Å². The number of carbonyl (C=O) groups is 1. The number of thioether (sulfide) groups is 1. The molecule has 1 amide bonds. The fraction of sp³-hybridized carbons (Fsp3) is 0.182. The van der Waals surface area contributed by atoms with Crippen LogP contribution < -0.4 is 10.9 Å². The van der Waals surface area contributed by atoms with E-state index in [1.165, 1.54) is 22.1 Å². The number of para-hydroxylation sites is 1. The molecule has 0 bridgehead atoms. The van der Waals surface area contributed by atoms with Gasteiger partial charge in [-0.3, -0.25) is 9.59 Å². The van der Waals surface area contributed by atoms with E-state index in [2.05, 4.69) is 15.0 Å². The molecule has 1 aliphatic rings. The summed E-state index contributed by atoms with van der Waals surface area (Å²) >= 11 is 3.26. The third-order valence-electron chi connectivity index (χ3n) is 5.11. The van der Waals surface area contributed by atoms with E-state index in [-0.39, 0.29) is 11.5 Å². The normalized spacial score (nSPS) is 13.7. The minimum Gasteiger partial charge on any atom is -0.325 e. The van der Waals surface area contributed by atoms with Crippen LogP contribution in [0, 0.1) is 0 Å². The highest BCUT2D eigenvalue weighted by Crippen LogP contribution is 2.32. The Kier molecular flexibility index (Phi) is 5.21. The molecule has 31 heavy (non-hydrogen) atoms. The van der Waals surface area contributed by atoms with Crippen molar-refractivity contribution in [2.24, 2.45) is 0 Å². The lowest BCUT2D eigenvalue weighted by Gasteiger charge is -2.16. The summed E-state index contributed by atoms with van der Waals surface area (Å²) in [5.41, 5.74) is 2.67. The number of hydrogen-bond donors (Lipinski definition) is 1. The lowest BCUT2D eigenvalue weighted by Crippen LogP contribution is -2.33. The predicted molar refractivity (Wildman–Crippen MR) is 124 cm³/mol. The third kappa shape index (κ3) is 3.82. The molecule has 1 unspecified atom stereocenters. The molecule has 5 rings (SSSR count). The number of amides is 1. The first-order valence-electron chi connectivity index (χ1n) is 9.84. The maximum atomic E-state index is 13.0. The summed E-state index contributed by atoms with van der Waals surface area (Å²) < 4.78 is 3.36. The van der Waals surface area contributed by atoms with Crippen LogP contribution in [-0.4, -0.2) is 31.0 Å². The third-order valence-corrected chi connectivity index (χ3v) is 6.97. The lowest BCUT2D eigenvalue weighted by atomic mass is 10.1. The SMILES string of the molecule is CC(C(=O)Nc1ccccc1-c1cn2c(n1)SCC2)n1nc(-c2cccs2)ccc1=O. The Balaban J connectivity index is 1.42. The van der Waals surface area contributed by atoms with Gasteiger partial charge < -0.3 is 9.88 Å². The molecular formula is C22H19N5O2S2. The largest absolute Gasteiger partial charge is 0.325 e. The molecule has 3 aromatic heterocycles. The number of imidazole rings is 1. The fourth-order valence-corrected chi connectivity index (χ4v) is 5.10. The topological polar surface area (TPSA) is 81.8 Å². The predicted octanol–water partition coefficient (Wildman–Crippen LogP) is 4.14. The Morgan fingerprint density at radius 2 is 2.00 bits per heavy atom. The number of anilines is 1. The van der Waals surface area contributed by atoms with Crippen molar-refractivity contribution in [1.29, 1.82) is 0 Å². The summed E-state index contributed by atoms with van der Waals surface area (Å²) in [5.74, 6) is 0.719. The van der Waals surface area contributed by atoms with Gasteiger partial charge in [0.1, 0.15) is 11.7 Å². The number of nitrogens with zero attached hydrogens (tertiary/aromatic N) is 4. The molecule has 0 fully saturated rings. The minimum atomic E-state index is -0.775. The maximum Gasteiger partial charge on any atom is 0.267 e. The van der Waals surface area contributed by atoms with E-state index in [1.54, 1.807) is 24.8 Å². The summed E-state index contributed by atoms with van der Waals surface area (Å²) in [6, 6.07) is 13.8. The molecule has 1 aromatic carbocycles. The van der Waals surface area contributed by atoms with Crippen molar-refractivity contribution in [2.45, 2.75) is 24.7 Å². The number of aryl methyl sites for hydroxylation is 1. The first kappa shape index (κ1) is 19.8. The van der Waals surface area contributed by atoms with Gasteiger partial charge >= 0.3 is 0 Å². The van der Waals surface area contributed by atoms with Gasteiger partial charge in [-0.15, -0.1) is 11.3 Å². The van der Waals surface area contributed by atoms with E-state index < -0.39 is 6.04 Å². The number of nitrogens with one attached hydrogen (secondary N) is 1. The zero-order chi connectivity index (χ0) is 21.4. The molecule has 0 radical (unpaired) electrons. The van der Waals surface area contributed by atoms with Crippen LogP contribution in [0.5, 0.6) is 0 Å². The Morgan fingerprint density at radius 1 is 1.13 bits per heavy atom. The Morgan fingerprint density at radius 3 is 2.81 bits per heavy atom. The number of rotatable bonds is 5. The second-order valence-electron chi connectivity index (χ2n) is 7.14. The highest BCUT2D eigenvalue weighted by molar-refractivity contribution is 7.99. The smallest absolute Gasteiger partial charge is 0.267 e. The van der Waals surface area contributed by atoms with Gasteiger partial charge in [-0.2, -0.15) is 5.10 Å². The fourth-order valence-electron chi connectivity index (χ4n) is 3.46. The standard InChI is InChI=1S/C22H19N5O2S2/c1-14(27-20(28)9-8-17(25-27)19-7-4-11-30-19)21(29)23-16-6-3-2-5-15(16)18-13-26-10-12-31-22(26)24-18/h2-9,11,13-14H,10,12H2,1H3,(H,23,29). The van der Waals surface area contributed by atoms with Gasteiger partial charge in [0, 0.05) is 30.1 Å². The average Bonchev–Trinajstić information content (AvgIpc) is 3.52. The van der Waals surface area contributed by atoms with Crippen molar-refractivity contribution >= 4 is 34.7 Å².